The van der Waals surface area contributed by atoms with Crippen LogP contribution < -0.4 is 11.3 Å². The van der Waals surface area contributed by atoms with E-state index in [4.69, 9.17) is 33.9 Å². The van der Waals surface area contributed by atoms with Crippen LogP contribution in [-0.4, -0.2) is 14.4 Å². The van der Waals surface area contributed by atoms with Gasteiger partial charge < -0.3 is 5.73 Å². The summed E-state index contributed by atoms with van der Waals surface area (Å²) in [6, 6.07) is 17.0. The predicted octanol–water partition coefficient (Wildman–Crippen LogP) is 6.22. The number of halogens is 2. The Labute approximate surface area is 213 Å². The molecular formula is C26H15Cl2N5OS. The maximum absolute atomic E-state index is 13.8. The minimum absolute atomic E-state index is 0.0952. The van der Waals surface area contributed by atoms with Crippen molar-refractivity contribution >= 4 is 68.0 Å². The summed E-state index contributed by atoms with van der Waals surface area (Å²) in [6.07, 6.45) is 3.59. The molecule has 0 aliphatic heterocycles. The third-order valence-electron chi connectivity index (χ3n) is 6.15. The lowest BCUT2D eigenvalue weighted by molar-refractivity contribution is 1.07. The number of nitrogens with zero attached hydrogens (tertiary/aromatic N) is 4. The number of aromatic nitrogens is 3. The molecule has 0 saturated heterocycles. The highest BCUT2D eigenvalue weighted by molar-refractivity contribution is 7.18. The van der Waals surface area contributed by atoms with Gasteiger partial charge in [-0.2, -0.15) is 10.2 Å². The molecule has 3 aromatic heterocycles. The number of benzene rings is 2. The Morgan fingerprint density at radius 2 is 1.71 bits per heavy atom. The van der Waals surface area contributed by atoms with Gasteiger partial charge in [-0.05, 0) is 65.4 Å². The number of hydrogen-bond donors (Lipinski definition) is 1. The maximum atomic E-state index is 13.8. The topological polar surface area (TPSA) is 97.1 Å². The van der Waals surface area contributed by atoms with E-state index in [-0.39, 0.29) is 16.3 Å². The number of nitriles is 1. The number of nitrogen functional groups attached to an aromatic ring is 1. The molecule has 0 spiro atoms. The third kappa shape index (κ3) is 3.50. The van der Waals surface area contributed by atoms with Crippen LogP contribution in [0.25, 0.3) is 38.8 Å². The fourth-order valence-electron chi connectivity index (χ4n) is 4.56. The van der Waals surface area contributed by atoms with E-state index in [1.807, 2.05) is 42.5 Å². The lowest BCUT2D eigenvalue weighted by Gasteiger charge is -2.13. The van der Waals surface area contributed by atoms with Crippen molar-refractivity contribution in [1.82, 2.24) is 14.4 Å². The number of allylic oxidation sites excluding steroid dienone is 1. The molecule has 0 radical (unpaired) electrons. The summed E-state index contributed by atoms with van der Waals surface area (Å²) in [5.41, 5.74) is 11.6. The summed E-state index contributed by atoms with van der Waals surface area (Å²) in [6.45, 7) is 0. The van der Waals surface area contributed by atoms with Crippen LogP contribution in [0.15, 0.2) is 53.3 Å². The summed E-state index contributed by atoms with van der Waals surface area (Å²) in [5.74, 6) is 0.0952. The van der Waals surface area contributed by atoms with Crippen LogP contribution in [0, 0.1) is 11.3 Å². The molecule has 0 fully saturated rings. The van der Waals surface area contributed by atoms with Crippen molar-refractivity contribution < 1.29 is 0 Å². The highest BCUT2D eigenvalue weighted by Crippen LogP contribution is 2.41. The average Bonchev–Trinajstić information content (AvgIpc) is 3.40. The first-order chi connectivity index (χ1) is 16.9. The Morgan fingerprint density at radius 1 is 1.03 bits per heavy atom. The first-order valence-corrected chi connectivity index (χ1v) is 12.3. The number of rotatable bonds is 2. The van der Waals surface area contributed by atoms with E-state index in [1.165, 1.54) is 4.40 Å². The summed E-state index contributed by atoms with van der Waals surface area (Å²) in [4.78, 5) is 23.9. The van der Waals surface area contributed by atoms with Gasteiger partial charge in [0.15, 0.2) is 5.65 Å². The van der Waals surface area contributed by atoms with Crippen LogP contribution in [0.1, 0.15) is 28.1 Å². The van der Waals surface area contributed by atoms with Crippen LogP contribution in [0.3, 0.4) is 0 Å². The Morgan fingerprint density at radius 3 is 2.40 bits per heavy atom. The molecule has 3 heterocycles. The Hall–Kier alpha value is -3.70. The van der Waals surface area contributed by atoms with E-state index in [0.29, 0.717) is 26.0 Å². The first kappa shape index (κ1) is 21.8. The third-order valence-corrected chi connectivity index (χ3v) is 7.61. The molecule has 35 heavy (non-hydrogen) atoms. The normalized spacial score (nSPS) is 14.0. The van der Waals surface area contributed by atoms with Crippen LogP contribution in [0.2, 0.25) is 10.0 Å². The molecule has 2 aromatic carbocycles. The van der Waals surface area contributed by atoms with Crippen LogP contribution in [-0.2, 0) is 6.42 Å². The van der Waals surface area contributed by atoms with E-state index in [2.05, 4.69) is 11.1 Å². The van der Waals surface area contributed by atoms with Crippen molar-refractivity contribution in [3.05, 3.63) is 90.6 Å². The quantitative estimate of drug-likeness (QED) is 0.301. The van der Waals surface area contributed by atoms with Gasteiger partial charge in [-0.15, -0.1) is 0 Å². The lowest BCUT2D eigenvalue weighted by Crippen LogP contribution is -2.18. The number of thiazole rings is 1. The summed E-state index contributed by atoms with van der Waals surface area (Å²) in [5, 5.41) is 11.1. The molecule has 2 N–H and O–H groups in total. The molecule has 6 rings (SSSR count). The van der Waals surface area contributed by atoms with Gasteiger partial charge in [0.1, 0.15) is 16.8 Å². The number of anilines is 1. The molecule has 0 amide bonds. The second kappa shape index (κ2) is 8.21. The van der Waals surface area contributed by atoms with Gasteiger partial charge in [0.25, 0.3) is 5.56 Å². The molecule has 6 nitrogen and oxygen atoms in total. The fourth-order valence-corrected chi connectivity index (χ4v) is 5.64. The molecule has 0 atom stereocenters. The zero-order chi connectivity index (χ0) is 24.3. The molecule has 1 aliphatic carbocycles. The van der Waals surface area contributed by atoms with E-state index in [0.717, 1.165) is 57.7 Å². The van der Waals surface area contributed by atoms with Gasteiger partial charge in [0, 0.05) is 15.6 Å². The molecule has 1 aliphatic rings. The van der Waals surface area contributed by atoms with Crippen molar-refractivity contribution in [2.24, 2.45) is 0 Å². The monoisotopic (exact) mass is 515 g/mol. The van der Waals surface area contributed by atoms with Gasteiger partial charge in [-0.25, -0.2) is 9.38 Å². The van der Waals surface area contributed by atoms with E-state index in [1.54, 1.807) is 12.1 Å². The second-order valence-electron chi connectivity index (χ2n) is 8.20. The standard InChI is InChI=1S/C26H15Cl2N5OS/c27-16-6-1-13(2-7-16)11-15-5-10-18-20(14-3-8-17(28)9-4-14)21-24(31-22(15)18)32-26-33(25(21)34)23(30)19(12-29)35-26/h1-4,6-9,11H,5,10,30H2/b15-11+. The first-order valence-electron chi connectivity index (χ1n) is 10.7. The minimum Gasteiger partial charge on any atom is -0.383 e. The molecule has 5 aromatic rings. The Kier molecular flexibility index (Phi) is 5.11. The van der Waals surface area contributed by atoms with Crippen molar-refractivity contribution in [1.29, 1.82) is 5.26 Å². The molecule has 9 heteroatoms. The Balaban J connectivity index is 1.70. The molecule has 170 valence electrons. The molecule has 0 unspecified atom stereocenters. The zero-order valence-electron chi connectivity index (χ0n) is 18.0. The van der Waals surface area contributed by atoms with Crippen molar-refractivity contribution in [3.8, 4) is 17.2 Å². The lowest BCUT2D eigenvalue weighted by atomic mass is 9.96. The summed E-state index contributed by atoms with van der Waals surface area (Å²) >= 11 is 13.3. The number of fused-ring (bicyclic) bond motifs is 3. The smallest absolute Gasteiger partial charge is 0.270 e. The molecule has 0 bridgehead atoms. The zero-order valence-corrected chi connectivity index (χ0v) is 20.4. The van der Waals surface area contributed by atoms with Crippen LogP contribution in [0.4, 0.5) is 5.82 Å². The van der Waals surface area contributed by atoms with E-state index in [9.17, 15) is 10.1 Å². The second-order valence-corrected chi connectivity index (χ2v) is 10.1. The SMILES string of the molecule is N#Cc1sc2nc3nc4c(c(-c5ccc(Cl)cc5)c3c(=O)n2c1N)CC/C4=C\c1ccc(Cl)cc1. The van der Waals surface area contributed by atoms with E-state index >= 15 is 0 Å². The fraction of sp³-hybridized carbons (Fsp3) is 0.0769. The van der Waals surface area contributed by atoms with Gasteiger partial charge in [-0.1, -0.05) is 58.8 Å². The van der Waals surface area contributed by atoms with Gasteiger partial charge in [-0.3, -0.25) is 4.79 Å². The summed E-state index contributed by atoms with van der Waals surface area (Å²) in [7, 11) is 0. The minimum atomic E-state index is -0.337. The highest BCUT2D eigenvalue weighted by Gasteiger charge is 2.28. The van der Waals surface area contributed by atoms with Gasteiger partial charge in [0.2, 0.25) is 4.96 Å². The highest BCUT2D eigenvalue weighted by atomic mass is 35.5. The number of hydrogen-bond acceptors (Lipinski definition) is 6. The Bertz CT molecular complexity index is 1800. The van der Waals surface area contributed by atoms with Crippen LogP contribution >= 0.6 is 34.5 Å². The summed E-state index contributed by atoms with van der Waals surface area (Å²) < 4.78 is 1.30. The van der Waals surface area contributed by atoms with Crippen molar-refractivity contribution in [2.45, 2.75) is 12.8 Å². The van der Waals surface area contributed by atoms with E-state index < -0.39 is 0 Å². The average molecular weight is 516 g/mol. The maximum Gasteiger partial charge on any atom is 0.270 e. The molecule has 0 saturated carbocycles. The van der Waals surface area contributed by atoms with Gasteiger partial charge in [0.05, 0.1) is 11.1 Å². The number of pyridine rings is 1. The van der Waals surface area contributed by atoms with Gasteiger partial charge >= 0.3 is 0 Å². The predicted molar refractivity (Wildman–Crippen MR) is 142 cm³/mol. The van der Waals surface area contributed by atoms with Crippen LogP contribution in [0.5, 0.6) is 0 Å². The van der Waals surface area contributed by atoms with Crippen molar-refractivity contribution in [3.63, 3.8) is 0 Å². The van der Waals surface area contributed by atoms with Crippen molar-refractivity contribution in [2.75, 3.05) is 5.73 Å². The largest absolute Gasteiger partial charge is 0.383 e. The molecular weight excluding hydrogens is 501 g/mol. The number of nitrogens with two attached hydrogens (primary N) is 1.